The number of anilines is 2. The molecule has 178 valence electrons. The van der Waals surface area contributed by atoms with E-state index in [4.69, 9.17) is 11.6 Å². The number of benzene rings is 2. The number of hydrogen-bond acceptors (Lipinski definition) is 5. The van der Waals surface area contributed by atoms with Crippen molar-refractivity contribution in [3.05, 3.63) is 53.1 Å². The Balaban J connectivity index is 1.39. The summed E-state index contributed by atoms with van der Waals surface area (Å²) in [6, 6.07) is 10.3. The molecule has 0 aliphatic carbocycles. The minimum absolute atomic E-state index is 0.135. The Labute approximate surface area is 194 Å². The first-order valence-corrected chi connectivity index (χ1v) is 10.6. The Bertz CT molecular complexity index is 978. The van der Waals surface area contributed by atoms with Crippen LogP contribution in [0.4, 0.5) is 24.5 Å². The van der Waals surface area contributed by atoms with E-state index in [1.807, 2.05) is 16.7 Å². The molecular weight excluding hydrogens is 461 g/mol. The number of hydrogen-bond donors (Lipinski definition) is 2. The van der Waals surface area contributed by atoms with E-state index in [-0.39, 0.29) is 30.7 Å². The van der Waals surface area contributed by atoms with Gasteiger partial charge in [0.25, 0.3) is 0 Å². The molecule has 1 aliphatic heterocycles. The van der Waals surface area contributed by atoms with Crippen molar-refractivity contribution in [2.45, 2.75) is 13.3 Å². The maximum Gasteiger partial charge on any atom is 0.573 e. The third kappa shape index (κ3) is 7.92. The van der Waals surface area contributed by atoms with Crippen molar-refractivity contribution in [3.63, 3.8) is 0 Å². The van der Waals surface area contributed by atoms with Crippen LogP contribution in [0.5, 0.6) is 5.75 Å². The summed E-state index contributed by atoms with van der Waals surface area (Å²) in [5.41, 5.74) is 1.87. The van der Waals surface area contributed by atoms with Gasteiger partial charge in [-0.3, -0.25) is 19.4 Å². The molecule has 33 heavy (non-hydrogen) atoms. The van der Waals surface area contributed by atoms with Crippen molar-refractivity contribution in [3.8, 4) is 5.75 Å². The predicted molar refractivity (Wildman–Crippen MR) is 119 cm³/mol. The van der Waals surface area contributed by atoms with E-state index in [9.17, 15) is 22.8 Å². The van der Waals surface area contributed by atoms with Gasteiger partial charge in [0.1, 0.15) is 5.75 Å². The number of alkyl halides is 3. The van der Waals surface area contributed by atoms with Crippen LogP contribution in [0, 0.1) is 6.92 Å². The fourth-order valence-electron chi connectivity index (χ4n) is 3.38. The Morgan fingerprint density at radius 1 is 0.939 bits per heavy atom. The van der Waals surface area contributed by atoms with E-state index >= 15 is 0 Å². The molecule has 0 spiro atoms. The fourth-order valence-corrected chi connectivity index (χ4v) is 3.56. The first-order chi connectivity index (χ1) is 15.6. The van der Waals surface area contributed by atoms with Gasteiger partial charge in [0.05, 0.1) is 13.1 Å². The number of carbonyl (C=O) groups excluding carboxylic acids is 2. The zero-order chi connectivity index (χ0) is 24.0. The van der Waals surface area contributed by atoms with Crippen LogP contribution in [0.2, 0.25) is 5.02 Å². The second-order valence-corrected chi connectivity index (χ2v) is 8.04. The van der Waals surface area contributed by atoms with Crippen molar-refractivity contribution in [2.75, 3.05) is 49.9 Å². The smallest absolute Gasteiger partial charge is 0.406 e. The maximum absolute atomic E-state index is 12.4. The van der Waals surface area contributed by atoms with E-state index in [2.05, 4.69) is 15.4 Å². The fraction of sp³-hybridized carbons (Fsp3) is 0.364. The molecule has 0 bridgehead atoms. The zero-order valence-corrected chi connectivity index (χ0v) is 18.7. The van der Waals surface area contributed by atoms with Crippen molar-refractivity contribution < 1.29 is 27.5 Å². The van der Waals surface area contributed by atoms with Crippen LogP contribution in [-0.2, 0) is 9.59 Å². The molecule has 3 rings (SSSR count). The lowest BCUT2D eigenvalue weighted by Crippen LogP contribution is -2.50. The Hall–Kier alpha value is -2.82. The number of nitrogens with zero attached hydrogens (tertiary/aromatic N) is 2. The molecule has 0 atom stereocenters. The van der Waals surface area contributed by atoms with Gasteiger partial charge >= 0.3 is 6.36 Å². The lowest BCUT2D eigenvalue weighted by atomic mass is 10.2. The van der Waals surface area contributed by atoms with Crippen LogP contribution in [0.1, 0.15) is 5.56 Å². The van der Waals surface area contributed by atoms with Gasteiger partial charge in [-0.2, -0.15) is 0 Å². The number of amides is 2. The summed E-state index contributed by atoms with van der Waals surface area (Å²) in [6.07, 6.45) is -4.76. The summed E-state index contributed by atoms with van der Waals surface area (Å²) < 4.78 is 40.4. The summed E-state index contributed by atoms with van der Waals surface area (Å²) >= 11 is 6.08. The largest absolute Gasteiger partial charge is 0.573 e. The number of nitrogens with one attached hydrogen (secondary N) is 2. The summed E-state index contributed by atoms with van der Waals surface area (Å²) in [5.74, 6) is -0.766. The molecule has 1 aliphatic rings. The van der Waals surface area contributed by atoms with Gasteiger partial charge in [-0.25, -0.2) is 0 Å². The molecule has 0 aromatic heterocycles. The standard InChI is InChI=1S/C22H24ClF3N4O3/c1-15-18(23)3-2-4-19(15)28-21(32)14-30-11-9-29(10-12-30)13-20(31)27-16-5-7-17(8-6-16)33-22(24,25)26/h2-8H,9-14H2,1H3,(H,27,31)(H,28,32). The molecule has 2 aromatic rings. The number of carbonyl (C=O) groups is 2. The average Bonchev–Trinajstić information content (AvgIpc) is 2.73. The summed E-state index contributed by atoms with van der Waals surface area (Å²) in [7, 11) is 0. The van der Waals surface area contributed by atoms with Gasteiger partial charge in [-0.15, -0.1) is 13.2 Å². The van der Waals surface area contributed by atoms with Crippen LogP contribution >= 0.6 is 11.6 Å². The summed E-state index contributed by atoms with van der Waals surface area (Å²) in [6.45, 7) is 4.68. The second-order valence-electron chi connectivity index (χ2n) is 7.63. The Kier molecular flexibility index (Phi) is 8.17. The average molecular weight is 485 g/mol. The van der Waals surface area contributed by atoms with Gasteiger partial charge in [-0.05, 0) is 48.9 Å². The van der Waals surface area contributed by atoms with Gasteiger partial charge in [0.15, 0.2) is 0 Å². The Morgan fingerprint density at radius 2 is 1.48 bits per heavy atom. The normalized spacial score (nSPS) is 15.2. The molecule has 0 unspecified atom stereocenters. The molecule has 2 aromatic carbocycles. The number of halogens is 4. The number of ether oxygens (including phenoxy) is 1. The van der Waals surface area contributed by atoms with Gasteiger partial charge in [0, 0.05) is 42.6 Å². The van der Waals surface area contributed by atoms with Crippen LogP contribution in [0.25, 0.3) is 0 Å². The van der Waals surface area contributed by atoms with Crippen molar-refractivity contribution in [1.29, 1.82) is 0 Å². The topological polar surface area (TPSA) is 73.9 Å². The molecule has 1 fully saturated rings. The highest BCUT2D eigenvalue weighted by molar-refractivity contribution is 6.31. The molecule has 0 radical (unpaired) electrons. The molecule has 2 N–H and O–H groups in total. The molecular formula is C22H24ClF3N4O3. The molecule has 11 heteroatoms. The van der Waals surface area contributed by atoms with E-state index < -0.39 is 6.36 Å². The monoisotopic (exact) mass is 484 g/mol. The van der Waals surface area contributed by atoms with Crippen LogP contribution in [0.15, 0.2) is 42.5 Å². The predicted octanol–water partition coefficient (Wildman–Crippen LogP) is 3.74. The Morgan fingerprint density at radius 3 is 2.03 bits per heavy atom. The molecule has 1 heterocycles. The van der Waals surface area contributed by atoms with Crippen molar-refractivity contribution in [2.24, 2.45) is 0 Å². The number of rotatable bonds is 7. The number of piperazine rings is 1. The lowest BCUT2D eigenvalue weighted by molar-refractivity contribution is -0.274. The first kappa shape index (κ1) is 24.8. The van der Waals surface area contributed by atoms with Crippen molar-refractivity contribution >= 4 is 34.8 Å². The van der Waals surface area contributed by atoms with Crippen LogP contribution in [-0.4, -0.2) is 67.2 Å². The highest BCUT2D eigenvalue weighted by atomic mass is 35.5. The minimum atomic E-state index is -4.76. The maximum atomic E-state index is 12.4. The second kappa shape index (κ2) is 10.9. The van der Waals surface area contributed by atoms with Crippen LogP contribution < -0.4 is 15.4 Å². The highest BCUT2D eigenvalue weighted by Gasteiger charge is 2.31. The SMILES string of the molecule is Cc1c(Cl)cccc1NC(=O)CN1CCN(CC(=O)Nc2ccc(OC(F)(F)F)cc2)CC1. The summed E-state index contributed by atoms with van der Waals surface area (Å²) in [5, 5.41) is 6.11. The van der Waals surface area contributed by atoms with Crippen LogP contribution in [0.3, 0.4) is 0 Å². The van der Waals surface area contributed by atoms with E-state index in [0.717, 1.165) is 17.7 Å². The van der Waals surface area contributed by atoms with Gasteiger partial charge in [-0.1, -0.05) is 17.7 Å². The first-order valence-electron chi connectivity index (χ1n) is 10.2. The quantitative estimate of drug-likeness (QED) is 0.626. The van der Waals surface area contributed by atoms with Crippen molar-refractivity contribution in [1.82, 2.24) is 9.80 Å². The van der Waals surface area contributed by atoms with Gasteiger partial charge < -0.3 is 15.4 Å². The molecule has 1 saturated heterocycles. The molecule has 0 saturated carbocycles. The van der Waals surface area contributed by atoms with E-state index in [1.165, 1.54) is 12.1 Å². The minimum Gasteiger partial charge on any atom is -0.406 e. The van der Waals surface area contributed by atoms with Gasteiger partial charge in [0.2, 0.25) is 11.8 Å². The lowest BCUT2D eigenvalue weighted by Gasteiger charge is -2.33. The van der Waals surface area contributed by atoms with E-state index in [0.29, 0.717) is 42.6 Å². The summed E-state index contributed by atoms with van der Waals surface area (Å²) in [4.78, 5) is 28.6. The molecule has 2 amide bonds. The third-order valence-corrected chi connectivity index (χ3v) is 5.52. The third-order valence-electron chi connectivity index (χ3n) is 5.11. The molecule has 7 nitrogen and oxygen atoms in total. The highest BCUT2D eigenvalue weighted by Crippen LogP contribution is 2.24. The van der Waals surface area contributed by atoms with E-state index in [1.54, 1.807) is 18.2 Å². The zero-order valence-electron chi connectivity index (χ0n) is 17.9.